The second-order valence-corrected chi connectivity index (χ2v) is 9.44. The van der Waals surface area contributed by atoms with E-state index in [4.69, 9.17) is 17.2 Å². The van der Waals surface area contributed by atoms with Gasteiger partial charge in [-0.25, -0.2) is 9.37 Å². The van der Waals surface area contributed by atoms with Crippen molar-refractivity contribution >= 4 is 29.1 Å². The van der Waals surface area contributed by atoms with Crippen LogP contribution in [0, 0.1) is 12.7 Å². The molecular weight excluding hydrogens is 409 g/mol. The van der Waals surface area contributed by atoms with Gasteiger partial charge in [-0.05, 0) is 75.9 Å². The smallest absolute Gasteiger partial charge is 0.231 e. The molecule has 2 aromatic rings. The molecule has 0 bridgehead atoms. The summed E-state index contributed by atoms with van der Waals surface area (Å²) in [6.45, 7) is 5.99. The second-order valence-electron chi connectivity index (χ2n) is 9.03. The number of aromatic nitrogens is 2. The van der Waals surface area contributed by atoms with Gasteiger partial charge >= 0.3 is 0 Å². The Morgan fingerprint density at radius 2 is 1.90 bits per heavy atom. The van der Waals surface area contributed by atoms with E-state index in [0.717, 1.165) is 30.9 Å². The van der Waals surface area contributed by atoms with Gasteiger partial charge in [0.1, 0.15) is 11.6 Å². The summed E-state index contributed by atoms with van der Waals surface area (Å²) >= 11 is 5.58. The van der Waals surface area contributed by atoms with E-state index in [-0.39, 0.29) is 11.2 Å². The van der Waals surface area contributed by atoms with Gasteiger partial charge in [0.25, 0.3) is 0 Å². The van der Waals surface area contributed by atoms with Crippen LogP contribution in [0.2, 0.25) is 0 Å². The zero-order valence-electron chi connectivity index (χ0n) is 18.5. The molecule has 1 saturated carbocycles. The molecule has 1 saturated heterocycles. The molecule has 166 valence electrons. The van der Waals surface area contributed by atoms with Crippen LogP contribution in [-0.4, -0.2) is 34.2 Å². The maximum Gasteiger partial charge on any atom is 0.231 e. The molecule has 1 unspecified atom stereocenters. The number of anilines is 2. The minimum absolute atomic E-state index is 0.0126. The predicted molar refractivity (Wildman–Crippen MR) is 128 cm³/mol. The molecule has 2 fully saturated rings. The molecule has 1 aliphatic heterocycles. The first kappa shape index (κ1) is 21.9. The molecule has 1 aliphatic carbocycles. The van der Waals surface area contributed by atoms with E-state index in [1.54, 1.807) is 12.1 Å². The number of hydrogen-bond donors (Lipinski definition) is 2. The van der Waals surface area contributed by atoms with Gasteiger partial charge < -0.3 is 15.5 Å². The van der Waals surface area contributed by atoms with Gasteiger partial charge in [-0.15, -0.1) is 0 Å². The molecule has 0 radical (unpaired) electrons. The van der Waals surface area contributed by atoms with E-state index in [0.29, 0.717) is 23.6 Å². The van der Waals surface area contributed by atoms with Crippen LogP contribution in [0.4, 0.5) is 16.2 Å². The summed E-state index contributed by atoms with van der Waals surface area (Å²) < 4.78 is 13.4. The molecule has 1 aromatic heterocycles. The highest BCUT2D eigenvalue weighted by atomic mass is 32.1. The maximum absolute atomic E-state index is 13.4. The van der Waals surface area contributed by atoms with Crippen LogP contribution in [0.25, 0.3) is 0 Å². The minimum atomic E-state index is -0.197. The summed E-state index contributed by atoms with van der Waals surface area (Å²) in [5.41, 5.74) is 2.09. The molecule has 4 rings (SSSR count). The Morgan fingerprint density at radius 3 is 2.61 bits per heavy atom. The first-order chi connectivity index (χ1) is 14.9. The summed E-state index contributed by atoms with van der Waals surface area (Å²) in [6.07, 6.45) is 8.17. The fraction of sp³-hybridized carbons (Fsp3) is 0.542. The standard InChI is InChI=1S/C24H32FN5S/c1-17-15-21(30-14-6-3-7-18(30)2)28-22(27-17)29-23(31)26-16-24(12-4-5-13-24)19-8-10-20(25)11-9-19/h8-11,15,18H,3-7,12-14,16H2,1-2H3,(H2,26,27,28,29,31). The molecule has 1 atom stereocenters. The highest BCUT2D eigenvalue weighted by molar-refractivity contribution is 7.80. The number of nitrogens with zero attached hydrogens (tertiary/aromatic N) is 3. The van der Waals surface area contributed by atoms with Crippen LogP contribution in [0.1, 0.15) is 63.1 Å². The lowest BCUT2D eigenvalue weighted by Crippen LogP contribution is -2.41. The number of benzene rings is 1. The third-order valence-corrected chi connectivity index (χ3v) is 7.01. The molecule has 7 heteroatoms. The molecule has 2 heterocycles. The number of aryl methyl sites for hydroxylation is 1. The Bertz CT molecular complexity index is 911. The van der Waals surface area contributed by atoms with Crippen molar-refractivity contribution in [3.63, 3.8) is 0 Å². The van der Waals surface area contributed by atoms with Gasteiger partial charge in [0.15, 0.2) is 5.11 Å². The Balaban J connectivity index is 1.43. The average Bonchev–Trinajstić information content (AvgIpc) is 3.23. The van der Waals surface area contributed by atoms with Crippen LogP contribution < -0.4 is 15.5 Å². The first-order valence-electron chi connectivity index (χ1n) is 11.4. The van der Waals surface area contributed by atoms with E-state index >= 15 is 0 Å². The number of piperidine rings is 1. The summed E-state index contributed by atoms with van der Waals surface area (Å²) in [7, 11) is 0. The largest absolute Gasteiger partial charge is 0.361 e. The van der Waals surface area contributed by atoms with Crippen LogP contribution in [0.3, 0.4) is 0 Å². The SMILES string of the molecule is Cc1cc(N2CCCCC2C)nc(NC(=S)NCC2(c3ccc(F)cc3)CCCC2)n1. The predicted octanol–water partition coefficient (Wildman–Crippen LogP) is 5.10. The lowest BCUT2D eigenvalue weighted by atomic mass is 9.79. The van der Waals surface area contributed by atoms with Crippen LogP contribution in [0.15, 0.2) is 30.3 Å². The van der Waals surface area contributed by atoms with Crippen molar-refractivity contribution in [2.75, 3.05) is 23.3 Å². The monoisotopic (exact) mass is 441 g/mol. The molecule has 5 nitrogen and oxygen atoms in total. The second kappa shape index (κ2) is 9.47. The number of thiocarbonyl (C=S) groups is 1. The quantitative estimate of drug-likeness (QED) is 0.630. The van der Waals surface area contributed by atoms with Gasteiger partial charge in [-0.1, -0.05) is 25.0 Å². The number of hydrogen-bond acceptors (Lipinski definition) is 4. The molecular formula is C24H32FN5S. The van der Waals surface area contributed by atoms with Crippen molar-refractivity contribution in [1.82, 2.24) is 15.3 Å². The van der Waals surface area contributed by atoms with E-state index in [1.807, 2.05) is 25.1 Å². The molecule has 0 amide bonds. The third kappa shape index (κ3) is 5.14. The Labute approximate surface area is 189 Å². The van der Waals surface area contributed by atoms with Crippen LogP contribution in [-0.2, 0) is 5.41 Å². The van der Waals surface area contributed by atoms with E-state index in [9.17, 15) is 4.39 Å². The van der Waals surface area contributed by atoms with Crippen molar-refractivity contribution in [3.8, 4) is 0 Å². The highest BCUT2D eigenvalue weighted by Crippen LogP contribution is 2.40. The molecule has 31 heavy (non-hydrogen) atoms. The first-order valence-corrected chi connectivity index (χ1v) is 11.8. The Kier molecular flexibility index (Phi) is 6.70. The van der Waals surface area contributed by atoms with E-state index < -0.39 is 0 Å². The van der Waals surface area contributed by atoms with Crippen molar-refractivity contribution in [2.24, 2.45) is 0 Å². The summed E-state index contributed by atoms with van der Waals surface area (Å²) in [5, 5.41) is 7.10. The number of nitrogens with one attached hydrogen (secondary N) is 2. The summed E-state index contributed by atoms with van der Waals surface area (Å²) in [5.74, 6) is 1.30. The van der Waals surface area contributed by atoms with Crippen LogP contribution in [0.5, 0.6) is 0 Å². The fourth-order valence-corrected chi connectivity index (χ4v) is 5.17. The normalized spacial score (nSPS) is 20.5. The van der Waals surface area contributed by atoms with Crippen LogP contribution >= 0.6 is 12.2 Å². The topological polar surface area (TPSA) is 53.1 Å². The number of halogens is 1. The zero-order valence-corrected chi connectivity index (χ0v) is 19.3. The van der Waals surface area contributed by atoms with Gasteiger partial charge in [0, 0.05) is 36.3 Å². The van der Waals surface area contributed by atoms with E-state index in [1.165, 1.54) is 37.7 Å². The van der Waals surface area contributed by atoms with Crippen molar-refractivity contribution in [3.05, 3.63) is 47.4 Å². The Morgan fingerprint density at radius 1 is 1.16 bits per heavy atom. The third-order valence-electron chi connectivity index (χ3n) is 6.77. The summed E-state index contributed by atoms with van der Waals surface area (Å²) in [6, 6.07) is 9.46. The van der Waals surface area contributed by atoms with Gasteiger partial charge in [0.05, 0.1) is 0 Å². The molecule has 2 N–H and O–H groups in total. The fourth-order valence-electron chi connectivity index (χ4n) is 5.01. The van der Waals surface area contributed by atoms with E-state index in [2.05, 4.69) is 27.4 Å². The zero-order chi connectivity index (χ0) is 21.8. The average molecular weight is 442 g/mol. The molecule has 0 spiro atoms. The van der Waals surface area contributed by atoms with Gasteiger partial charge in [-0.2, -0.15) is 4.98 Å². The van der Waals surface area contributed by atoms with Gasteiger partial charge in [0.2, 0.25) is 5.95 Å². The molecule has 1 aromatic carbocycles. The maximum atomic E-state index is 13.4. The summed E-state index contributed by atoms with van der Waals surface area (Å²) in [4.78, 5) is 11.7. The van der Waals surface area contributed by atoms with Crippen molar-refractivity contribution in [2.45, 2.75) is 70.3 Å². The lowest BCUT2D eigenvalue weighted by molar-refractivity contribution is 0.434. The van der Waals surface area contributed by atoms with Crippen molar-refractivity contribution in [1.29, 1.82) is 0 Å². The molecule has 2 aliphatic rings. The number of rotatable bonds is 5. The highest BCUT2D eigenvalue weighted by Gasteiger charge is 2.35. The van der Waals surface area contributed by atoms with Crippen molar-refractivity contribution < 1.29 is 4.39 Å². The minimum Gasteiger partial charge on any atom is -0.361 e. The lowest BCUT2D eigenvalue weighted by Gasteiger charge is -2.34. The van der Waals surface area contributed by atoms with Gasteiger partial charge in [-0.3, -0.25) is 0 Å². The Hall–Kier alpha value is -2.28.